The highest BCUT2D eigenvalue weighted by molar-refractivity contribution is 5.66. The molecule has 1 fully saturated rings. The molecule has 4 aromatic rings. The van der Waals surface area contributed by atoms with Crippen LogP contribution in [-0.2, 0) is 13.5 Å². The van der Waals surface area contributed by atoms with Gasteiger partial charge < -0.3 is 0 Å². The molecule has 0 radical (unpaired) electrons. The van der Waals surface area contributed by atoms with Crippen molar-refractivity contribution in [1.29, 1.82) is 0 Å². The summed E-state index contributed by atoms with van der Waals surface area (Å²) in [5, 5.41) is 8.90. The number of aryl methyl sites for hydroxylation is 2. The average Bonchev–Trinajstić information content (AvgIpc) is 3.45. The summed E-state index contributed by atoms with van der Waals surface area (Å²) in [7, 11) is 1.88. The molecule has 6 nitrogen and oxygen atoms in total. The molecule has 0 aliphatic heterocycles. The number of halogens is 3. The van der Waals surface area contributed by atoms with Crippen molar-refractivity contribution in [2.75, 3.05) is 0 Å². The second-order valence-corrected chi connectivity index (χ2v) is 8.08. The molecule has 3 aromatic heterocycles. The van der Waals surface area contributed by atoms with Gasteiger partial charge in [0.05, 0.1) is 17.1 Å². The van der Waals surface area contributed by atoms with E-state index in [1.807, 2.05) is 11.7 Å². The van der Waals surface area contributed by atoms with Crippen LogP contribution < -0.4 is 0 Å². The number of hydrogen-bond acceptors (Lipinski definition) is 4. The number of rotatable bonds is 6. The Kier molecular flexibility index (Phi) is 5.03. The normalized spacial score (nSPS) is 13.8. The van der Waals surface area contributed by atoms with Gasteiger partial charge in [0.1, 0.15) is 17.8 Å². The smallest absolute Gasteiger partial charge is 0.271 e. The first-order valence-corrected chi connectivity index (χ1v) is 10.4. The van der Waals surface area contributed by atoms with E-state index in [2.05, 4.69) is 15.1 Å². The molecule has 0 bridgehead atoms. The molecule has 0 atom stereocenters. The van der Waals surface area contributed by atoms with Crippen LogP contribution in [0, 0.1) is 12.7 Å². The number of aromatic nitrogens is 6. The lowest BCUT2D eigenvalue weighted by Crippen LogP contribution is -2.08. The first kappa shape index (κ1) is 20.4. The minimum absolute atomic E-state index is 0.204. The number of hydrogen-bond donors (Lipinski definition) is 0. The predicted molar refractivity (Wildman–Crippen MR) is 112 cm³/mol. The van der Waals surface area contributed by atoms with Crippen molar-refractivity contribution < 1.29 is 13.2 Å². The van der Waals surface area contributed by atoms with Crippen LogP contribution in [0.2, 0.25) is 0 Å². The van der Waals surface area contributed by atoms with E-state index in [0.29, 0.717) is 29.5 Å². The second kappa shape index (κ2) is 7.89. The Balaban J connectivity index is 1.53. The van der Waals surface area contributed by atoms with Crippen LogP contribution in [0.15, 0.2) is 42.7 Å². The predicted octanol–water partition coefficient (Wildman–Crippen LogP) is 4.92. The van der Waals surface area contributed by atoms with Crippen molar-refractivity contribution in [2.24, 2.45) is 7.05 Å². The van der Waals surface area contributed by atoms with Crippen molar-refractivity contribution in [3.8, 4) is 17.1 Å². The van der Waals surface area contributed by atoms with Crippen LogP contribution in [-0.4, -0.2) is 29.5 Å². The summed E-state index contributed by atoms with van der Waals surface area (Å²) in [6.07, 6.45) is 1.33. The van der Waals surface area contributed by atoms with Crippen LogP contribution in [0.4, 0.5) is 13.2 Å². The zero-order valence-corrected chi connectivity index (χ0v) is 17.6. The molecule has 0 unspecified atom stereocenters. The summed E-state index contributed by atoms with van der Waals surface area (Å²) in [4.78, 5) is 8.53. The van der Waals surface area contributed by atoms with E-state index in [1.54, 1.807) is 25.1 Å². The highest BCUT2D eigenvalue weighted by Crippen LogP contribution is 2.46. The highest BCUT2D eigenvalue weighted by atomic mass is 19.3. The van der Waals surface area contributed by atoms with Crippen LogP contribution in [0.3, 0.4) is 0 Å². The Hall–Kier alpha value is -3.49. The quantitative estimate of drug-likeness (QED) is 0.429. The third kappa shape index (κ3) is 3.79. The van der Waals surface area contributed by atoms with Gasteiger partial charge in [0, 0.05) is 36.4 Å². The fourth-order valence-corrected chi connectivity index (χ4v) is 4.04. The first-order valence-electron chi connectivity index (χ1n) is 10.4. The fourth-order valence-electron chi connectivity index (χ4n) is 4.04. The van der Waals surface area contributed by atoms with Crippen molar-refractivity contribution in [1.82, 2.24) is 29.5 Å². The number of alkyl halides is 2. The Morgan fingerprint density at radius 2 is 1.81 bits per heavy atom. The summed E-state index contributed by atoms with van der Waals surface area (Å²) in [6, 6.07) is 9.38. The Morgan fingerprint density at radius 3 is 2.50 bits per heavy atom. The molecule has 1 aliphatic rings. The summed E-state index contributed by atoms with van der Waals surface area (Å²) >= 11 is 0. The Bertz CT molecular complexity index is 1270. The lowest BCUT2D eigenvalue weighted by Gasteiger charge is -2.09. The molecule has 1 saturated carbocycles. The van der Waals surface area contributed by atoms with Gasteiger partial charge in [-0.25, -0.2) is 27.8 Å². The van der Waals surface area contributed by atoms with Gasteiger partial charge in [-0.15, -0.1) is 0 Å². The van der Waals surface area contributed by atoms with Gasteiger partial charge in [0.25, 0.3) is 6.43 Å². The third-order valence-electron chi connectivity index (χ3n) is 5.67. The second-order valence-electron chi connectivity index (χ2n) is 8.08. The molecule has 9 heteroatoms. The first-order chi connectivity index (χ1) is 15.4. The molecule has 0 spiro atoms. The standard InChI is InChI=1S/C23H21F3N6/c1-13-9-19(23(25)26)32(29-13)20-11-17(27-12-28-20)10-18-21(14-3-4-14)22(30-31(18)2)15-5-7-16(24)8-6-15/h5-9,11-12,14,23H,3-4,10H2,1-2H3. The monoisotopic (exact) mass is 438 g/mol. The van der Waals surface area contributed by atoms with Gasteiger partial charge in [-0.05, 0) is 56.0 Å². The molecule has 0 amide bonds. The topological polar surface area (TPSA) is 61.4 Å². The van der Waals surface area contributed by atoms with Gasteiger partial charge in [-0.3, -0.25) is 4.68 Å². The molecule has 0 N–H and O–H groups in total. The molecule has 0 saturated heterocycles. The van der Waals surface area contributed by atoms with E-state index in [-0.39, 0.29) is 11.5 Å². The Labute approximate surface area is 182 Å². The van der Waals surface area contributed by atoms with E-state index in [1.165, 1.54) is 29.2 Å². The van der Waals surface area contributed by atoms with Gasteiger partial charge in [0.2, 0.25) is 0 Å². The summed E-state index contributed by atoms with van der Waals surface area (Å²) in [5.41, 5.74) is 4.83. The zero-order valence-electron chi connectivity index (χ0n) is 17.6. The molecular weight excluding hydrogens is 417 g/mol. The molecule has 5 rings (SSSR count). The molecule has 1 aromatic carbocycles. The average molecular weight is 438 g/mol. The number of nitrogens with zero attached hydrogens (tertiary/aromatic N) is 6. The molecular formula is C23H21F3N6. The largest absolute Gasteiger partial charge is 0.280 e. The third-order valence-corrected chi connectivity index (χ3v) is 5.67. The molecule has 3 heterocycles. The minimum Gasteiger partial charge on any atom is -0.271 e. The SMILES string of the molecule is Cc1cc(C(F)F)n(-c2cc(Cc3c(C4CC4)c(-c4ccc(F)cc4)nn3C)ncn2)n1. The van der Waals surface area contributed by atoms with Crippen molar-refractivity contribution in [3.63, 3.8) is 0 Å². The van der Waals surface area contributed by atoms with Crippen LogP contribution >= 0.6 is 0 Å². The van der Waals surface area contributed by atoms with Gasteiger partial charge in [-0.2, -0.15) is 10.2 Å². The molecule has 164 valence electrons. The molecule has 1 aliphatic carbocycles. The van der Waals surface area contributed by atoms with Crippen LogP contribution in [0.25, 0.3) is 17.1 Å². The van der Waals surface area contributed by atoms with Crippen molar-refractivity contribution in [2.45, 2.75) is 38.5 Å². The van der Waals surface area contributed by atoms with E-state index in [9.17, 15) is 13.2 Å². The Morgan fingerprint density at radius 1 is 1.06 bits per heavy atom. The van der Waals surface area contributed by atoms with Crippen LogP contribution in [0.5, 0.6) is 0 Å². The lowest BCUT2D eigenvalue weighted by atomic mass is 10.00. The zero-order chi connectivity index (χ0) is 22.4. The number of benzene rings is 1. The van der Waals surface area contributed by atoms with Gasteiger partial charge in [-0.1, -0.05) is 0 Å². The van der Waals surface area contributed by atoms with Gasteiger partial charge in [0.15, 0.2) is 5.82 Å². The van der Waals surface area contributed by atoms with E-state index < -0.39 is 6.43 Å². The highest BCUT2D eigenvalue weighted by Gasteiger charge is 2.32. The fraction of sp³-hybridized carbons (Fsp3) is 0.304. The van der Waals surface area contributed by atoms with Crippen molar-refractivity contribution in [3.05, 3.63) is 76.9 Å². The van der Waals surface area contributed by atoms with E-state index >= 15 is 0 Å². The van der Waals surface area contributed by atoms with E-state index in [0.717, 1.165) is 35.4 Å². The maximum Gasteiger partial charge on any atom is 0.280 e. The van der Waals surface area contributed by atoms with E-state index in [4.69, 9.17) is 5.10 Å². The summed E-state index contributed by atoms with van der Waals surface area (Å²) in [5.74, 6) is 0.412. The molecule has 32 heavy (non-hydrogen) atoms. The van der Waals surface area contributed by atoms with Gasteiger partial charge >= 0.3 is 0 Å². The maximum absolute atomic E-state index is 13.4. The van der Waals surface area contributed by atoms with Crippen LogP contribution in [0.1, 0.15) is 53.5 Å². The summed E-state index contributed by atoms with van der Waals surface area (Å²) < 4.78 is 43.3. The lowest BCUT2D eigenvalue weighted by molar-refractivity contribution is 0.142. The maximum atomic E-state index is 13.4. The van der Waals surface area contributed by atoms with Crippen molar-refractivity contribution >= 4 is 0 Å². The summed E-state index contributed by atoms with van der Waals surface area (Å²) in [6.45, 7) is 1.67. The minimum atomic E-state index is -2.66.